The van der Waals surface area contributed by atoms with Crippen LogP contribution >= 0.6 is 0 Å². The second-order valence-corrected chi connectivity index (χ2v) is 10.2. The van der Waals surface area contributed by atoms with Gasteiger partial charge in [0.25, 0.3) is 0 Å². The molecule has 2 N–H and O–H groups in total. The van der Waals surface area contributed by atoms with Crippen molar-refractivity contribution in [1.29, 1.82) is 0 Å². The van der Waals surface area contributed by atoms with Gasteiger partial charge < -0.3 is 10.6 Å². The number of ketones is 1. The second-order valence-electron chi connectivity index (χ2n) is 10.2. The zero-order chi connectivity index (χ0) is 18.5. The minimum absolute atomic E-state index is 0.00158. The summed E-state index contributed by atoms with van der Waals surface area (Å²) in [6.07, 6.45) is 10.4. The highest BCUT2D eigenvalue weighted by Crippen LogP contribution is 2.65. The molecule has 4 rings (SSSR count). The molecule has 0 aliphatic heterocycles. The molecule has 0 radical (unpaired) electrons. The first-order chi connectivity index (χ1) is 12.3. The Hall–Kier alpha value is -0.900. The molecular formula is C22H36N2O2. The number of carbonyl (C=O) groups excluding carboxylic acids is 1. The number of nitrogens with zero attached hydrogens (tertiary/aromatic N) is 1. The molecule has 0 heterocycles. The van der Waals surface area contributed by atoms with E-state index in [1.807, 2.05) is 6.92 Å². The number of hydrogen-bond acceptors (Lipinski definition) is 4. The van der Waals surface area contributed by atoms with Crippen LogP contribution in [0.5, 0.6) is 0 Å². The van der Waals surface area contributed by atoms with Crippen molar-refractivity contribution in [1.82, 2.24) is 0 Å². The molecule has 0 aromatic rings. The van der Waals surface area contributed by atoms with Crippen molar-refractivity contribution >= 4 is 11.5 Å². The smallest absolute Gasteiger partial charge is 0.139 e. The lowest BCUT2D eigenvalue weighted by molar-refractivity contribution is -0.137. The van der Waals surface area contributed by atoms with Crippen LogP contribution in [0.25, 0.3) is 0 Å². The van der Waals surface area contributed by atoms with Crippen molar-refractivity contribution in [2.45, 2.75) is 84.6 Å². The Morgan fingerprint density at radius 2 is 1.96 bits per heavy atom. The highest BCUT2D eigenvalue weighted by atomic mass is 16.6. The fourth-order valence-electron chi connectivity index (χ4n) is 7.16. The Bertz CT molecular complexity index is 601. The summed E-state index contributed by atoms with van der Waals surface area (Å²) in [6.45, 7) is 7.28. The van der Waals surface area contributed by atoms with Crippen molar-refractivity contribution in [3.63, 3.8) is 0 Å². The average Bonchev–Trinajstić information content (AvgIpc) is 2.90. The zero-order valence-electron chi connectivity index (χ0n) is 16.8. The first-order valence-electron chi connectivity index (χ1n) is 10.8. The largest absolute Gasteiger partial charge is 0.394 e. The van der Waals surface area contributed by atoms with E-state index < -0.39 is 0 Å². The van der Waals surface area contributed by atoms with Crippen LogP contribution in [0, 0.1) is 34.5 Å². The number of rotatable bonds is 3. The molecule has 0 amide bonds. The molecule has 0 saturated heterocycles. The highest BCUT2D eigenvalue weighted by molar-refractivity contribution is 5.87. The van der Waals surface area contributed by atoms with Crippen LogP contribution in [0.1, 0.15) is 78.6 Å². The minimum Gasteiger partial charge on any atom is -0.394 e. The maximum atomic E-state index is 12.5. The molecule has 5 unspecified atom stereocenters. The number of nitrogens with two attached hydrogens (primary N) is 1. The van der Waals surface area contributed by atoms with Gasteiger partial charge in [0.15, 0.2) is 0 Å². The molecule has 26 heavy (non-hydrogen) atoms. The van der Waals surface area contributed by atoms with Crippen LogP contribution in [-0.4, -0.2) is 24.1 Å². The third-order valence-electron chi connectivity index (χ3n) is 8.74. The molecule has 0 aromatic carbocycles. The Labute approximate surface area is 158 Å². The molecule has 0 bridgehead atoms. The molecule has 146 valence electrons. The third kappa shape index (κ3) is 2.83. The van der Waals surface area contributed by atoms with Crippen molar-refractivity contribution in [3.8, 4) is 0 Å². The number of fused-ring (bicyclic) bond motifs is 5. The lowest BCUT2D eigenvalue weighted by atomic mass is 9.45. The average molecular weight is 361 g/mol. The SMILES string of the molecule is CC(N)CO/N=C1/CC[C@@]2(C)C(CCC3C2CC[C@]2(C)C(=O)CCC32)C1. The van der Waals surface area contributed by atoms with Crippen molar-refractivity contribution in [2.75, 3.05) is 6.61 Å². The van der Waals surface area contributed by atoms with Gasteiger partial charge >= 0.3 is 0 Å². The first kappa shape index (κ1) is 18.5. The summed E-state index contributed by atoms with van der Waals surface area (Å²) in [5.41, 5.74) is 7.42. The van der Waals surface area contributed by atoms with Crippen LogP contribution in [0.2, 0.25) is 0 Å². The van der Waals surface area contributed by atoms with Crippen LogP contribution < -0.4 is 5.73 Å². The van der Waals surface area contributed by atoms with Gasteiger partial charge in [0.05, 0.1) is 5.71 Å². The van der Waals surface area contributed by atoms with Gasteiger partial charge in [-0.2, -0.15) is 0 Å². The molecule has 4 fully saturated rings. The molecule has 0 spiro atoms. The van der Waals surface area contributed by atoms with Gasteiger partial charge in [-0.25, -0.2) is 0 Å². The summed E-state index contributed by atoms with van der Waals surface area (Å²) < 4.78 is 0. The number of Topliss-reactive ketones (excluding diaryl/α,β-unsaturated/α-hetero) is 1. The van der Waals surface area contributed by atoms with Gasteiger partial charge in [-0.15, -0.1) is 0 Å². The van der Waals surface area contributed by atoms with Crippen molar-refractivity contribution < 1.29 is 9.63 Å². The molecule has 4 aliphatic carbocycles. The van der Waals surface area contributed by atoms with E-state index in [0.717, 1.165) is 49.9 Å². The number of carbonyl (C=O) groups is 1. The van der Waals surface area contributed by atoms with Gasteiger partial charge in [-0.3, -0.25) is 4.79 Å². The third-order valence-corrected chi connectivity index (χ3v) is 8.74. The van der Waals surface area contributed by atoms with E-state index in [4.69, 9.17) is 10.6 Å². The predicted molar refractivity (Wildman–Crippen MR) is 104 cm³/mol. The summed E-state index contributed by atoms with van der Waals surface area (Å²) >= 11 is 0. The predicted octanol–water partition coefficient (Wildman–Crippen LogP) is 4.32. The standard InChI is InChI=1S/C22H36N2O2/c1-14(23)13-26-24-16-8-10-21(2)15(12-16)4-5-17-18-6-7-20(25)22(18,3)11-9-19(17)21/h14-15,17-19H,4-13,23H2,1-3H3/b24-16-/t14?,15?,17?,18?,19?,21-,22-/m0/s1. The molecule has 4 heteroatoms. The lowest BCUT2D eigenvalue weighted by Gasteiger charge is -2.59. The zero-order valence-corrected chi connectivity index (χ0v) is 16.8. The van der Waals surface area contributed by atoms with Gasteiger partial charge in [-0.05, 0) is 87.4 Å². The van der Waals surface area contributed by atoms with Crippen molar-refractivity contribution in [3.05, 3.63) is 0 Å². The maximum Gasteiger partial charge on any atom is 0.139 e. The van der Waals surface area contributed by atoms with Gasteiger partial charge in [-0.1, -0.05) is 19.0 Å². The fourth-order valence-corrected chi connectivity index (χ4v) is 7.16. The summed E-state index contributed by atoms with van der Waals surface area (Å²) in [4.78, 5) is 18.0. The minimum atomic E-state index is -0.00158. The summed E-state index contributed by atoms with van der Waals surface area (Å²) in [7, 11) is 0. The van der Waals surface area contributed by atoms with Gasteiger partial charge in [0.1, 0.15) is 12.4 Å². The Morgan fingerprint density at radius 3 is 2.73 bits per heavy atom. The van der Waals surface area contributed by atoms with Gasteiger partial charge in [0, 0.05) is 17.9 Å². The van der Waals surface area contributed by atoms with E-state index in [9.17, 15) is 4.79 Å². The first-order valence-corrected chi connectivity index (χ1v) is 10.8. The highest BCUT2D eigenvalue weighted by Gasteiger charge is 2.60. The molecule has 4 saturated carbocycles. The van der Waals surface area contributed by atoms with E-state index in [0.29, 0.717) is 23.7 Å². The van der Waals surface area contributed by atoms with Crippen LogP contribution in [0.3, 0.4) is 0 Å². The molecule has 7 atom stereocenters. The van der Waals surface area contributed by atoms with Crippen LogP contribution in [0.15, 0.2) is 5.16 Å². The van der Waals surface area contributed by atoms with E-state index in [2.05, 4.69) is 19.0 Å². The Kier molecular flexibility index (Phi) is 4.70. The molecule has 4 nitrogen and oxygen atoms in total. The van der Waals surface area contributed by atoms with E-state index in [1.54, 1.807) is 0 Å². The summed E-state index contributed by atoms with van der Waals surface area (Å²) in [6, 6.07) is 0.0364. The van der Waals surface area contributed by atoms with Gasteiger partial charge in [0.2, 0.25) is 0 Å². The lowest BCUT2D eigenvalue weighted by Crippen LogP contribution is -2.53. The van der Waals surface area contributed by atoms with Crippen molar-refractivity contribution in [2.24, 2.45) is 45.4 Å². The van der Waals surface area contributed by atoms with Crippen LogP contribution in [-0.2, 0) is 9.63 Å². The molecular weight excluding hydrogens is 324 g/mol. The van der Waals surface area contributed by atoms with E-state index >= 15 is 0 Å². The second kappa shape index (κ2) is 6.61. The topological polar surface area (TPSA) is 64.7 Å². The number of hydrogen-bond donors (Lipinski definition) is 1. The quantitative estimate of drug-likeness (QED) is 0.762. The van der Waals surface area contributed by atoms with E-state index in [-0.39, 0.29) is 11.5 Å². The fraction of sp³-hybridized carbons (Fsp3) is 0.909. The maximum absolute atomic E-state index is 12.5. The summed E-state index contributed by atoms with van der Waals surface area (Å²) in [5, 5.41) is 4.42. The Balaban J connectivity index is 1.48. The summed E-state index contributed by atoms with van der Waals surface area (Å²) in [5.74, 6) is 3.51. The molecule has 0 aromatic heterocycles. The van der Waals surface area contributed by atoms with E-state index in [1.165, 1.54) is 31.4 Å². The Morgan fingerprint density at radius 1 is 1.15 bits per heavy atom. The van der Waals surface area contributed by atoms with Crippen LogP contribution in [0.4, 0.5) is 0 Å². The number of oxime groups is 1. The normalized spacial score (nSPS) is 47.8. The molecule has 4 aliphatic rings. The monoisotopic (exact) mass is 360 g/mol.